The quantitative estimate of drug-likeness (QED) is 0.503. The Balaban J connectivity index is 1.24. The molecule has 3 atom stereocenters. The van der Waals surface area contributed by atoms with E-state index in [4.69, 9.17) is 4.52 Å². The Hall–Kier alpha value is -3.26. The van der Waals surface area contributed by atoms with Crippen LogP contribution in [0.3, 0.4) is 0 Å². The van der Waals surface area contributed by atoms with Gasteiger partial charge in [0.15, 0.2) is 12.4 Å². The van der Waals surface area contributed by atoms with Crippen LogP contribution in [-0.2, 0) is 0 Å². The largest absolute Gasteiger partial charge is 0.468 e. The third kappa shape index (κ3) is 4.18. The zero-order valence-corrected chi connectivity index (χ0v) is 18.0. The second-order valence-corrected chi connectivity index (χ2v) is 8.60. The maximum atomic E-state index is 13.2. The third-order valence-corrected chi connectivity index (χ3v) is 6.34. The number of hydrogen-bond donors (Lipinski definition) is 1. The molecule has 1 saturated heterocycles. The van der Waals surface area contributed by atoms with Gasteiger partial charge >= 0.3 is 18.1 Å². The van der Waals surface area contributed by atoms with Crippen LogP contribution in [0, 0.1) is 24.7 Å². The lowest BCUT2D eigenvalue weighted by Crippen LogP contribution is -2.44. The maximum Gasteiger partial charge on any atom is 0.456 e. The van der Waals surface area contributed by atoms with E-state index in [0.717, 1.165) is 25.9 Å². The molecule has 184 valence electrons. The van der Waals surface area contributed by atoms with E-state index in [0.29, 0.717) is 36.1 Å². The molecule has 3 aromatic rings. The first-order valence-electron chi connectivity index (χ1n) is 10.7. The predicted octanol–water partition coefficient (Wildman–Crippen LogP) is 2.97. The van der Waals surface area contributed by atoms with E-state index in [2.05, 4.69) is 40.2 Å². The minimum absolute atomic E-state index is 0.0625. The first kappa shape index (κ1) is 22.5. The molecule has 1 aliphatic carbocycles. The van der Waals surface area contributed by atoms with E-state index in [1.807, 2.05) is 0 Å². The van der Waals surface area contributed by atoms with E-state index >= 15 is 0 Å². The first-order valence-corrected chi connectivity index (χ1v) is 10.7. The fourth-order valence-corrected chi connectivity index (χ4v) is 4.66. The van der Waals surface area contributed by atoms with Crippen molar-refractivity contribution in [3.8, 4) is 5.88 Å². The molecular formula is C19H21F5N8O2. The van der Waals surface area contributed by atoms with Gasteiger partial charge in [0, 0.05) is 32.0 Å². The number of alkyl halides is 5. The molecule has 2 aliphatic rings. The van der Waals surface area contributed by atoms with Gasteiger partial charge in [0.25, 0.3) is 5.88 Å². The number of fused-ring (bicyclic) bond motifs is 3. The van der Waals surface area contributed by atoms with Gasteiger partial charge in [0.2, 0.25) is 11.6 Å². The molecule has 5 rings (SSSR count). The molecule has 0 spiro atoms. The Morgan fingerprint density at radius 1 is 1.15 bits per heavy atom. The molecular weight excluding hydrogens is 467 g/mol. The van der Waals surface area contributed by atoms with Crippen LogP contribution in [0.25, 0.3) is 5.65 Å². The van der Waals surface area contributed by atoms with Gasteiger partial charge < -0.3 is 19.5 Å². The molecule has 2 bridgehead atoms. The molecule has 4 heterocycles. The number of nitrogens with one attached hydrogen (secondary N) is 1. The first-order chi connectivity index (χ1) is 16.1. The van der Waals surface area contributed by atoms with E-state index in [9.17, 15) is 22.0 Å². The molecule has 0 radical (unpaired) electrons. The van der Waals surface area contributed by atoms with Crippen molar-refractivity contribution >= 4 is 17.6 Å². The van der Waals surface area contributed by atoms with Crippen molar-refractivity contribution in [1.82, 2.24) is 29.7 Å². The van der Waals surface area contributed by atoms with Crippen LogP contribution >= 0.6 is 0 Å². The summed E-state index contributed by atoms with van der Waals surface area (Å²) in [5, 5.41) is 11.2. The molecule has 2 fully saturated rings. The minimum Gasteiger partial charge on any atom is -0.468 e. The number of ether oxygens (including phenoxy) is 1. The number of nitrogens with zero attached hydrogens (tertiary/aromatic N) is 7. The second kappa shape index (κ2) is 8.20. The van der Waals surface area contributed by atoms with Crippen LogP contribution in [0.5, 0.6) is 5.88 Å². The number of piperidine rings is 1. The lowest BCUT2D eigenvalue weighted by atomic mass is 9.85. The Kier molecular flexibility index (Phi) is 5.43. The summed E-state index contributed by atoms with van der Waals surface area (Å²) in [6.07, 6.45) is -1.02. The highest BCUT2D eigenvalue weighted by Crippen LogP contribution is 2.43. The molecule has 0 aromatic carbocycles. The third-order valence-electron chi connectivity index (χ3n) is 6.34. The molecule has 1 saturated carbocycles. The van der Waals surface area contributed by atoms with Crippen LogP contribution in [-0.4, -0.2) is 68.1 Å². The van der Waals surface area contributed by atoms with Gasteiger partial charge in [-0.3, -0.25) is 0 Å². The van der Waals surface area contributed by atoms with Crippen LogP contribution < -0.4 is 15.0 Å². The highest BCUT2D eigenvalue weighted by molar-refractivity contribution is 5.51. The van der Waals surface area contributed by atoms with Gasteiger partial charge in [-0.25, -0.2) is 9.50 Å². The average molecular weight is 488 g/mol. The monoisotopic (exact) mass is 488 g/mol. The predicted molar refractivity (Wildman–Crippen MR) is 107 cm³/mol. The number of halogens is 5. The highest BCUT2D eigenvalue weighted by atomic mass is 19.4. The van der Waals surface area contributed by atoms with Crippen molar-refractivity contribution in [2.75, 3.05) is 36.5 Å². The van der Waals surface area contributed by atoms with Crippen molar-refractivity contribution in [3.05, 3.63) is 18.2 Å². The normalized spacial score (nSPS) is 23.0. The standard InChI is InChI=1S/C19H21F5N8O2/c1-10-27-17(34-30-10)31-7-11-2-3-12(8-31)13(11)6-26-16-28-14-15(25-4-5-32(14)29-16)33-9-18(20,21)19(22,23)24/h4-5,11-13H,2-3,6-9H2,1H3,(H,26,29)/t11-,12?,13?/m0/s1. The summed E-state index contributed by atoms with van der Waals surface area (Å²) in [5.74, 6) is -3.53. The van der Waals surface area contributed by atoms with E-state index in [1.165, 1.54) is 16.9 Å². The Morgan fingerprint density at radius 3 is 2.53 bits per heavy atom. The topological polar surface area (TPSA) is 106 Å². The van der Waals surface area contributed by atoms with Gasteiger partial charge in [-0.1, -0.05) is 5.16 Å². The molecule has 34 heavy (non-hydrogen) atoms. The average Bonchev–Trinajstić information content (AvgIpc) is 3.45. The van der Waals surface area contributed by atoms with E-state index in [1.54, 1.807) is 6.92 Å². The summed E-state index contributed by atoms with van der Waals surface area (Å²) < 4.78 is 74.8. The Bertz CT molecular complexity index is 1150. The van der Waals surface area contributed by atoms with Crippen molar-refractivity contribution in [1.29, 1.82) is 0 Å². The van der Waals surface area contributed by atoms with Crippen molar-refractivity contribution in [2.45, 2.75) is 31.9 Å². The summed E-state index contributed by atoms with van der Waals surface area (Å²) in [4.78, 5) is 14.3. The number of hydrogen-bond acceptors (Lipinski definition) is 9. The smallest absolute Gasteiger partial charge is 0.456 e. The molecule has 1 N–H and O–H groups in total. The lowest BCUT2D eigenvalue weighted by molar-refractivity contribution is -0.290. The van der Waals surface area contributed by atoms with Gasteiger partial charge in [-0.05, 0) is 37.5 Å². The maximum absolute atomic E-state index is 13.2. The number of anilines is 2. The number of rotatable bonds is 7. The van der Waals surface area contributed by atoms with Crippen LogP contribution in [0.2, 0.25) is 0 Å². The molecule has 2 unspecified atom stereocenters. The molecule has 3 aromatic heterocycles. The zero-order chi connectivity index (χ0) is 24.1. The molecule has 1 aliphatic heterocycles. The van der Waals surface area contributed by atoms with Crippen molar-refractivity contribution < 1.29 is 31.2 Å². The summed E-state index contributed by atoms with van der Waals surface area (Å²) in [6, 6.07) is 0.527. The fraction of sp³-hybridized carbons (Fsp3) is 0.632. The van der Waals surface area contributed by atoms with Gasteiger partial charge in [-0.2, -0.15) is 31.9 Å². The Labute approximate surface area is 189 Å². The Morgan fingerprint density at radius 2 is 1.88 bits per heavy atom. The van der Waals surface area contributed by atoms with Crippen LogP contribution in [0.15, 0.2) is 16.9 Å². The second-order valence-electron chi connectivity index (χ2n) is 8.60. The molecule has 0 amide bonds. The van der Waals surface area contributed by atoms with Crippen LogP contribution in [0.1, 0.15) is 18.7 Å². The SMILES string of the molecule is Cc1noc(N2CC3CC[C@@H](C2)C3CNc2nc3c(OCC(F)(F)C(F)(F)F)nccn3n2)n1. The number of aryl methyl sites for hydroxylation is 1. The van der Waals surface area contributed by atoms with Crippen molar-refractivity contribution in [2.24, 2.45) is 17.8 Å². The van der Waals surface area contributed by atoms with E-state index in [-0.39, 0.29) is 11.6 Å². The van der Waals surface area contributed by atoms with Crippen LogP contribution in [0.4, 0.5) is 33.9 Å². The van der Waals surface area contributed by atoms with Gasteiger partial charge in [-0.15, -0.1) is 5.10 Å². The van der Waals surface area contributed by atoms with Gasteiger partial charge in [0.1, 0.15) is 0 Å². The summed E-state index contributed by atoms with van der Waals surface area (Å²) in [5.41, 5.74) is -0.0625. The lowest BCUT2D eigenvalue weighted by Gasteiger charge is -2.36. The molecule has 10 nitrogen and oxygen atoms in total. The zero-order valence-electron chi connectivity index (χ0n) is 18.0. The minimum atomic E-state index is -5.73. The fourth-order valence-electron chi connectivity index (χ4n) is 4.66. The summed E-state index contributed by atoms with van der Waals surface area (Å²) in [7, 11) is 0. The van der Waals surface area contributed by atoms with Gasteiger partial charge in [0.05, 0.1) is 0 Å². The highest BCUT2D eigenvalue weighted by Gasteiger charge is 2.58. The van der Waals surface area contributed by atoms with Crippen molar-refractivity contribution in [3.63, 3.8) is 0 Å². The van der Waals surface area contributed by atoms with E-state index < -0.39 is 24.6 Å². The summed E-state index contributed by atoms with van der Waals surface area (Å²) in [6.45, 7) is 2.03. The molecule has 15 heteroatoms. The number of aromatic nitrogens is 6. The summed E-state index contributed by atoms with van der Waals surface area (Å²) >= 11 is 0.